The van der Waals surface area contributed by atoms with Crippen molar-refractivity contribution in [1.29, 1.82) is 0 Å². The molecule has 2 aromatic rings. The van der Waals surface area contributed by atoms with Crippen molar-refractivity contribution in [2.75, 3.05) is 13.6 Å². The smallest absolute Gasteiger partial charge is 0.123 e. The maximum atomic E-state index is 13.5. The summed E-state index contributed by atoms with van der Waals surface area (Å²) in [6.07, 6.45) is 3.89. The molecule has 7 heteroatoms. The second-order valence-electron chi connectivity index (χ2n) is 6.67. The maximum Gasteiger partial charge on any atom is 0.123 e. The molecule has 0 bridgehead atoms. The van der Waals surface area contributed by atoms with Crippen LogP contribution >= 0.6 is 49.6 Å². The summed E-state index contributed by atoms with van der Waals surface area (Å²) in [6, 6.07) is 7.91. The van der Waals surface area contributed by atoms with Crippen LogP contribution in [0.15, 0.2) is 24.3 Å². The van der Waals surface area contributed by atoms with Gasteiger partial charge in [0.05, 0.1) is 0 Å². The van der Waals surface area contributed by atoms with Gasteiger partial charge >= 0.3 is 0 Å². The molecule has 0 amide bonds. The minimum absolute atomic E-state index is 0. The van der Waals surface area contributed by atoms with Crippen LogP contribution < -0.4 is 0 Å². The average Bonchev–Trinajstić information content (AvgIpc) is 2.79. The molecule has 1 atom stereocenters. The molecule has 1 aliphatic rings. The lowest BCUT2D eigenvalue weighted by Gasteiger charge is -2.33. The van der Waals surface area contributed by atoms with Crippen molar-refractivity contribution in [2.24, 2.45) is 0 Å². The quantitative estimate of drug-likeness (QED) is 0.569. The fraction of sp³-hybridized carbons (Fsp3) is 0.556. The van der Waals surface area contributed by atoms with Gasteiger partial charge in [-0.15, -0.1) is 49.6 Å². The number of likely N-dealkylation sites (N-methyl/N-ethyl adjacent to an activating group) is 1. The van der Waals surface area contributed by atoms with Crippen molar-refractivity contribution in [3.05, 3.63) is 35.8 Å². The van der Waals surface area contributed by atoms with Crippen LogP contribution in [-0.2, 0) is 6.54 Å². The molecule has 1 unspecified atom stereocenters. The molecule has 1 aliphatic heterocycles. The number of benzene rings is 1. The van der Waals surface area contributed by atoms with E-state index in [-0.39, 0.29) is 55.4 Å². The van der Waals surface area contributed by atoms with Gasteiger partial charge in [-0.1, -0.05) is 20.3 Å². The fourth-order valence-corrected chi connectivity index (χ4v) is 3.53. The van der Waals surface area contributed by atoms with Crippen molar-refractivity contribution >= 4 is 60.5 Å². The first kappa shape index (κ1) is 27.0. The molecule has 2 nitrogen and oxygen atoms in total. The number of aromatic nitrogens is 1. The summed E-state index contributed by atoms with van der Waals surface area (Å²) in [4.78, 5) is 2.48. The SMILES string of the molecule is CC(C)c1cc2cc(F)ccc2n1CC1CCCCN1C.Cl.Cl.Cl.Cl. The normalized spacial score (nSPS) is 17.2. The zero-order valence-corrected chi connectivity index (χ0v) is 18.2. The van der Waals surface area contributed by atoms with Gasteiger partial charge in [0.25, 0.3) is 0 Å². The van der Waals surface area contributed by atoms with E-state index in [1.54, 1.807) is 12.1 Å². The highest BCUT2D eigenvalue weighted by atomic mass is 35.5. The highest BCUT2D eigenvalue weighted by Gasteiger charge is 2.22. The lowest BCUT2D eigenvalue weighted by Crippen LogP contribution is -2.39. The number of piperidine rings is 1. The summed E-state index contributed by atoms with van der Waals surface area (Å²) in [5.74, 6) is 0.305. The molecular formula is C18H29Cl4FN2. The van der Waals surface area contributed by atoms with E-state index >= 15 is 0 Å². The zero-order valence-electron chi connectivity index (χ0n) is 14.9. The summed E-state index contributed by atoms with van der Waals surface area (Å²) in [5.41, 5.74) is 2.48. The van der Waals surface area contributed by atoms with Gasteiger partial charge in [-0.25, -0.2) is 4.39 Å². The summed E-state index contributed by atoms with van der Waals surface area (Å²) in [6.45, 7) is 6.63. The van der Waals surface area contributed by atoms with Crippen LogP contribution in [0.1, 0.15) is 44.7 Å². The van der Waals surface area contributed by atoms with E-state index in [4.69, 9.17) is 0 Å². The van der Waals surface area contributed by atoms with E-state index in [1.807, 2.05) is 6.07 Å². The molecule has 0 aliphatic carbocycles. The van der Waals surface area contributed by atoms with Crippen LogP contribution in [0.3, 0.4) is 0 Å². The molecule has 0 saturated carbocycles. The Morgan fingerprint density at radius 1 is 1.08 bits per heavy atom. The molecule has 1 aromatic heterocycles. The molecule has 0 spiro atoms. The van der Waals surface area contributed by atoms with E-state index in [1.165, 1.54) is 37.0 Å². The predicted octanol–water partition coefficient (Wildman–Crippen LogP) is 6.08. The highest BCUT2D eigenvalue weighted by Crippen LogP contribution is 2.28. The van der Waals surface area contributed by atoms with E-state index in [9.17, 15) is 4.39 Å². The number of halogens is 5. The van der Waals surface area contributed by atoms with Crippen molar-refractivity contribution in [1.82, 2.24) is 9.47 Å². The number of hydrogen-bond donors (Lipinski definition) is 0. The first-order valence-corrected chi connectivity index (χ1v) is 8.05. The molecule has 1 aromatic carbocycles. The largest absolute Gasteiger partial charge is 0.343 e. The fourth-order valence-electron chi connectivity index (χ4n) is 3.53. The Labute approximate surface area is 175 Å². The third-order valence-corrected chi connectivity index (χ3v) is 4.80. The van der Waals surface area contributed by atoms with Crippen molar-refractivity contribution in [3.63, 3.8) is 0 Å². The first-order chi connectivity index (χ1) is 10.1. The Balaban J connectivity index is 0. The van der Waals surface area contributed by atoms with Crippen molar-refractivity contribution in [3.8, 4) is 0 Å². The third kappa shape index (κ3) is 5.90. The molecule has 0 radical (unpaired) electrons. The Kier molecular flexibility index (Phi) is 12.4. The van der Waals surface area contributed by atoms with Gasteiger partial charge in [0.2, 0.25) is 0 Å². The molecule has 146 valence electrons. The van der Waals surface area contributed by atoms with Crippen molar-refractivity contribution in [2.45, 2.75) is 51.6 Å². The molecule has 1 saturated heterocycles. The Morgan fingerprint density at radius 2 is 1.76 bits per heavy atom. The van der Waals surface area contributed by atoms with Gasteiger partial charge in [-0.3, -0.25) is 0 Å². The molecule has 25 heavy (non-hydrogen) atoms. The molecular weight excluding hydrogens is 405 g/mol. The highest BCUT2D eigenvalue weighted by molar-refractivity contribution is 5.86. The Morgan fingerprint density at radius 3 is 2.36 bits per heavy atom. The Bertz CT molecular complexity index is 645. The first-order valence-electron chi connectivity index (χ1n) is 8.05. The summed E-state index contributed by atoms with van der Waals surface area (Å²) < 4.78 is 15.9. The maximum absolute atomic E-state index is 13.5. The standard InChI is InChI=1S/C18H25FN2.4ClH/c1-13(2)18-11-14-10-15(19)7-8-17(14)21(18)12-16-6-4-5-9-20(16)3;;;;/h7-8,10-11,13,16H,4-6,9,12H2,1-3H3;4*1H. The van der Waals surface area contributed by atoms with E-state index in [2.05, 4.69) is 36.4 Å². The zero-order chi connectivity index (χ0) is 15.0. The van der Waals surface area contributed by atoms with Crippen molar-refractivity contribution < 1.29 is 4.39 Å². The van der Waals surface area contributed by atoms with Gasteiger partial charge < -0.3 is 9.47 Å². The molecule has 1 fully saturated rings. The van der Waals surface area contributed by atoms with Crippen LogP contribution in [0.4, 0.5) is 4.39 Å². The number of fused-ring (bicyclic) bond motifs is 1. The van der Waals surface area contributed by atoms with Gasteiger partial charge in [0.1, 0.15) is 5.82 Å². The molecule has 0 N–H and O–H groups in total. The molecule has 2 heterocycles. The predicted molar refractivity (Wildman–Crippen MR) is 115 cm³/mol. The van der Waals surface area contributed by atoms with E-state index in [0.29, 0.717) is 12.0 Å². The van der Waals surface area contributed by atoms with Gasteiger partial charge in [-0.2, -0.15) is 0 Å². The molecule has 3 rings (SSSR count). The summed E-state index contributed by atoms with van der Waals surface area (Å²) in [7, 11) is 2.23. The van der Waals surface area contributed by atoms with E-state index in [0.717, 1.165) is 11.9 Å². The lowest BCUT2D eigenvalue weighted by atomic mass is 10.0. The third-order valence-electron chi connectivity index (χ3n) is 4.80. The Hall–Kier alpha value is -0.190. The summed E-state index contributed by atoms with van der Waals surface area (Å²) in [5, 5.41) is 1.03. The lowest BCUT2D eigenvalue weighted by molar-refractivity contribution is 0.167. The number of nitrogens with zero attached hydrogens (tertiary/aromatic N) is 2. The summed E-state index contributed by atoms with van der Waals surface area (Å²) >= 11 is 0. The number of hydrogen-bond acceptors (Lipinski definition) is 1. The average molecular weight is 434 g/mol. The second-order valence-corrected chi connectivity index (χ2v) is 6.67. The number of rotatable bonds is 3. The van der Waals surface area contributed by atoms with Crippen LogP contribution in [0.5, 0.6) is 0 Å². The van der Waals surface area contributed by atoms with Gasteiger partial charge in [0, 0.05) is 29.2 Å². The minimum atomic E-state index is -0.148. The van der Waals surface area contributed by atoms with Crippen LogP contribution in [0, 0.1) is 5.82 Å². The minimum Gasteiger partial charge on any atom is -0.343 e. The van der Waals surface area contributed by atoms with Crippen LogP contribution in [-0.4, -0.2) is 29.1 Å². The van der Waals surface area contributed by atoms with Gasteiger partial charge in [-0.05, 0) is 56.6 Å². The van der Waals surface area contributed by atoms with E-state index < -0.39 is 0 Å². The van der Waals surface area contributed by atoms with Crippen LogP contribution in [0.2, 0.25) is 0 Å². The van der Waals surface area contributed by atoms with Gasteiger partial charge in [0.15, 0.2) is 0 Å². The number of likely N-dealkylation sites (tertiary alicyclic amines) is 1. The monoisotopic (exact) mass is 432 g/mol. The second kappa shape index (κ2) is 11.5. The van der Waals surface area contributed by atoms with Crippen LogP contribution in [0.25, 0.3) is 10.9 Å². The topological polar surface area (TPSA) is 8.17 Å².